The summed E-state index contributed by atoms with van der Waals surface area (Å²) in [5.41, 5.74) is 1.04. The van der Waals surface area contributed by atoms with Gasteiger partial charge in [0.25, 0.3) is 25.6 Å². The van der Waals surface area contributed by atoms with Crippen LogP contribution in [0.3, 0.4) is 0 Å². The predicted molar refractivity (Wildman–Crippen MR) is 439 cm³/mol. The number of carbonyl (C=O) groups is 2. The molecule has 2 amide bonds. The summed E-state index contributed by atoms with van der Waals surface area (Å²) in [6.07, 6.45) is -4.33. The predicted octanol–water partition coefficient (Wildman–Crippen LogP) is 14.2. The summed E-state index contributed by atoms with van der Waals surface area (Å²) >= 11 is 14.4. The highest BCUT2D eigenvalue weighted by Gasteiger charge is 2.52. The number of imidazole rings is 2. The van der Waals surface area contributed by atoms with Gasteiger partial charge in [-0.15, -0.1) is 0 Å². The number of ether oxygens (including phenoxy) is 6. The number of fused-ring (bicyclic) bond motifs is 2. The number of benzene rings is 6. The number of nitriles is 1. The average molecular weight is 1690 g/mol. The van der Waals surface area contributed by atoms with Crippen molar-refractivity contribution >= 4 is 80.6 Å². The van der Waals surface area contributed by atoms with E-state index in [1.807, 2.05) is 117 Å². The van der Waals surface area contributed by atoms with Crippen molar-refractivity contribution in [2.75, 3.05) is 39.4 Å². The number of nitrogens with one attached hydrogen (secondary N) is 5. The minimum Gasteiger partial charge on any atom is -0.497 e. The van der Waals surface area contributed by atoms with Crippen molar-refractivity contribution in [1.29, 1.82) is 5.26 Å². The van der Waals surface area contributed by atoms with Crippen molar-refractivity contribution < 1.29 is 65.2 Å². The molecular formula is C83H89Cl2N14O17P2. The fourth-order valence-corrected chi connectivity index (χ4v) is 18.7. The van der Waals surface area contributed by atoms with Gasteiger partial charge in [-0.2, -0.15) is 10.2 Å². The number of methoxy groups -OCH3 is 2. The quantitative estimate of drug-likeness (QED) is 0.0148. The number of hydrogen-bond acceptors (Lipinski definition) is 24. The van der Waals surface area contributed by atoms with Gasteiger partial charge in [-0.05, 0) is 130 Å². The number of aliphatic imine (C=N–C) groups is 1. The van der Waals surface area contributed by atoms with Crippen LogP contribution in [0.25, 0.3) is 11.2 Å². The number of para-hydroxylation sites is 1. The second-order valence-electron chi connectivity index (χ2n) is 29.5. The number of anilines is 1. The van der Waals surface area contributed by atoms with Crippen molar-refractivity contribution in [3.8, 4) is 23.3 Å². The van der Waals surface area contributed by atoms with E-state index in [4.69, 9.17) is 89.2 Å². The van der Waals surface area contributed by atoms with Gasteiger partial charge in [-0.1, -0.05) is 122 Å². The zero-order valence-electron chi connectivity index (χ0n) is 66.2. The van der Waals surface area contributed by atoms with Crippen LogP contribution in [0.5, 0.6) is 17.2 Å². The molecule has 118 heavy (non-hydrogen) atoms. The lowest BCUT2D eigenvalue weighted by molar-refractivity contribution is -0.119. The number of amides is 2. The molecule has 4 aliphatic rings. The maximum absolute atomic E-state index is 16.9. The van der Waals surface area contributed by atoms with Crippen LogP contribution in [0.2, 0.25) is 10.0 Å². The normalized spacial score (nSPS) is 21.2. The van der Waals surface area contributed by atoms with E-state index in [0.717, 1.165) is 16.7 Å². The molecule has 5 N–H and O–H groups in total. The van der Waals surface area contributed by atoms with Crippen LogP contribution in [0.15, 0.2) is 178 Å². The molecule has 4 aliphatic heterocycles. The number of rotatable bonds is 32. The van der Waals surface area contributed by atoms with E-state index in [9.17, 15) is 29.2 Å². The van der Waals surface area contributed by atoms with Crippen molar-refractivity contribution in [2.45, 2.75) is 160 Å². The zero-order valence-corrected chi connectivity index (χ0v) is 69.5. The van der Waals surface area contributed by atoms with E-state index in [1.165, 1.54) is 40.1 Å². The molecule has 14 rings (SSSR count). The van der Waals surface area contributed by atoms with Gasteiger partial charge < -0.3 is 52.6 Å². The van der Waals surface area contributed by atoms with E-state index >= 15 is 4.57 Å². The third-order valence-corrected chi connectivity index (χ3v) is 25.2. The second-order valence-corrected chi connectivity index (χ2v) is 33.3. The number of nitrogens with zero attached hydrogens (tertiary/aromatic N) is 9. The summed E-state index contributed by atoms with van der Waals surface area (Å²) in [5.74, 6) is -0.777. The van der Waals surface area contributed by atoms with Gasteiger partial charge in [-0.3, -0.25) is 57.2 Å². The van der Waals surface area contributed by atoms with Crippen LogP contribution in [0, 0.1) is 37.2 Å². The summed E-state index contributed by atoms with van der Waals surface area (Å²) in [5, 5.41) is 18.8. The fourth-order valence-electron chi connectivity index (χ4n) is 15.1. The molecule has 3 fully saturated rings. The highest BCUT2D eigenvalue weighted by molar-refractivity contribution is 7.49. The summed E-state index contributed by atoms with van der Waals surface area (Å²) < 4.78 is 98.0. The van der Waals surface area contributed by atoms with Crippen LogP contribution in [0.1, 0.15) is 159 Å². The number of hydrogen-bond donors (Lipinski definition) is 5. The van der Waals surface area contributed by atoms with Crippen LogP contribution >= 0.6 is 39.6 Å². The summed E-state index contributed by atoms with van der Waals surface area (Å²) in [7, 11) is -4.07. The highest BCUT2D eigenvalue weighted by Crippen LogP contribution is 2.59. The molecule has 10 aromatic rings. The molecule has 3 saturated heterocycles. The minimum absolute atomic E-state index is 0.00290. The van der Waals surface area contributed by atoms with Gasteiger partial charge in [0.15, 0.2) is 17.0 Å². The molecule has 0 aliphatic carbocycles. The first kappa shape index (κ1) is 84.2. The SMILES string of the molecule is COc1ccc(C(OC[C@@H]2O[C@@H](n3cnc4c3N=CNC4NC(=O)c3ccccc3)C[C@H]2c2c[c]c(Cl)c(C)c2[C@H]2O[C@@H](n3cnc4c(=O)[nH]c(NC(=O)C(C)C)nc43)C[C@@H]2OP(=O)(OC[C@H]2O[C@@H](n3cc(C)c(=O)[nH]c3=O)C[C@@H]2OP(OCCC#N)N(C(C)C)C(C)C)Oc2ccccc2Cl)(c2ccccc2)c2ccc(OC)cc2)cc1. The van der Waals surface area contributed by atoms with Gasteiger partial charge in [0.2, 0.25) is 11.9 Å². The largest absolute Gasteiger partial charge is 0.530 e. The molecule has 0 saturated carbocycles. The van der Waals surface area contributed by atoms with E-state index in [-0.39, 0.29) is 95.4 Å². The lowest BCUT2D eigenvalue weighted by Gasteiger charge is -2.37. The number of aromatic amines is 2. The molecule has 8 heterocycles. The molecule has 0 spiro atoms. The molecule has 1 radical (unpaired) electrons. The Morgan fingerprint density at radius 1 is 0.763 bits per heavy atom. The van der Waals surface area contributed by atoms with Gasteiger partial charge in [0, 0.05) is 66.6 Å². The molecule has 3 unspecified atom stereocenters. The van der Waals surface area contributed by atoms with Gasteiger partial charge in [-0.25, -0.2) is 29.0 Å². The third kappa shape index (κ3) is 17.9. The van der Waals surface area contributed by atoms with Crippen molar-refractivity contribution in [3.63, 3.8) is 0 Å². The lowest BCUT2D eigenvalue weighted by atomic mass is 9.79. The first-order chi connectivity index (χ1) is 56.8. The average Bonchev–Trinajstić information content (AvgIpc) is 1.44. The van der Waals surface area contributed by atoms with E-state index in [0.29, 0.717) is 45.3 Å². The number of carbonyl (C=O) groups excluding carboxylic acids is 2. The van der Waals surface area contributed by atoms with Crippen molar-refractivity contribution in [3.05, 3.63) is 256 Å². The maximum Gasteiger partial charge on any atom is 0.530 e. The minimum atomic E-state index is -5.25. The van der Waals surface area contributed by atoms with Crippen LogP contribution in [-0.2, 0) is 52.0 Å². The second kappa shape index (κ2) is 36.5. The lowest BCUT2D eigenvalue weighted by Crippen LogP contribution is -2.39. The first-order valence-corrected chi connectivity index (χ1v) is 41.8. The Morgan fingerprint density at radius 3 is 2.07 bits per heavy atom. The number of aromatic nitrogens is 8. The zero-order chi connectivity index (χ0) is 83.3. The molecular weight excluding hydrogens is 1600 g/mol. The van der Waals surface area contributed by atoms with E-state index < -0.39 is 118 Å². The topological polar surface area (TPSA) is 364 Å². The van der Waals surface area contributed by atoms with Gasteiger partial charge in [0.05, 0.1) is 87.8 Å². The van der Waals surface area contributed by atoms with Gasteiger partial charge in [0.1, 0.15) is 71.7 Å². The first-order valence-electron chi connectivity index (χ1n) is 38.4. The van der Waals surface area contributed by atoms with Crippen molar-refractivity contribution in [1.82, 2.24) is 53.9 Å². The maximum atomic E-state index is 16.9. The van der Waals surface area contributed by atoms with Crippen LogP contribution < -0.4 is 46.8 Å². The van der Waals surface area contributed by atoms with Crippen LogP contribution in [0.4, 0.5) is 11.8 Å². The number of aryl methyl sites for hydroxylation is 1. The Bertz CT molecular complexity index is 5520. The Labute approximate surface area is 690 Å². The Kier molecular flexibility index (Phi) is 26.1. The number of phosphoric ester groups is 1. The standard InChI is InChI=1S/C83H89Cl2N14O17P2/c1-47(2)77(100)93-81-92-76-72(80(103)94-81)90-46-98(76)69-40-64(116-118(105,115-62-25-18-17-24-61(62)85)110-43-66-63(39-68(112-66)96-41-50(7)78(101)95-82(96)104)114-117(109-37-19-36-86)99(48(3)4)49(5)6)73(113-69)70-51(8)60(84)35-34-58(70)59-38-67(97-45-89-71-74(87-44-88-75(71)97)91-79(102)52-20-13-11-14-21-52)111-65(59)42-108-83(53-22-15-12-16-23-53,54-26-30-56(106-9)31-27-54)55-28-32-57(107-10)33-29-55/h11-18,20-34,41,44-49,59,63-69,73-74H,19,37-40,42-43H2,1-10H3,(H,87,88)(H,91,102)(H,95,101,104)(H2,92,93,94,100,103)/t59-,63-,64-,65-,66+,67+,68+,69+,73-,74?,117?,118?/m0/s1. The summed E-state index contributed by atoms with van der Waals surface area (Å²) in [4.78, 5) is 91.8. The Hall–Kier alpha value is -10.3. The Balaban J connectivity index is 0.909. The number of phosphoric acid groups is 1. The summed E-state index contributed by atoms with van der Waals surface area (Å²) in [6.45, 7) is 13.8. The van der Waals surface area contributed by atoms with Gasteiger partial charge >= 0.3 is 13.5 Å². The van der Waals surface area contributed by atoms with Crippen LogP contribution in [-0.4, -0.2) is 132 Å². The molecule has 6 aromatic carbocycles. The monoisotopic (exact) mass is 1690 g/mol. The van der Waals surface area contributed by atoms with E-state index in [2.05, 4.69) is 43.0 Å². The number of H-pyrrole nitrogens is 2. The molecule has 35 heteroatoms. The molecule has 31 nitrogen and oxygen atoms in total. The third-order valence-electron chi connectivity index (χ3n) is 20.9. The molecule has 0 bridgehead atoms. The number of halogens is 2. The van der Waals surface area contributed by atoms with Crippen molar-refractivity contribution in [2.24, 2.45) is 10.9 Å². The smallest absolute Gasteiger partial charge is 0.497 e. The van der Waals surface area contributed by atoms with E-state index in [1.54, 1.807) is 95.3 Å². The molecule has 12 atom stereocenters. The molecule has 617 valence electrons. The molecule has 4 aromatic heterocycles. The fraction of sp³-hybridized carbons (Fsp3) is 0.373. The summed E-state index contributed by atoms with van der Waals surface area (Å²) in [6, 6.07) is 46.9. The Morgan fingerprint density at radius 2 is 1.40 bits per heavy atom. The highest BCUT2D eigenvalue weighted by atomic mass is 35.5.